The summed E-state index contributed by atoms with van der Waals surface area (Å²) >= 11 is 0. The maximum atomic E-state index is 5.57. The van der Waals surface area contributed by atoms with Crippen molar-refractivity contribution in [3.8, 4) is 0 Å². The van der Waals surface area contributed by atoms with E-state index in [2.05, 4.69) is 4.98 Å². The van der Waals surface area contributed by atoms with E-state index >= 15 is 0 Å². The lowest BCUT2D eigenvalue weighted by molar-refractivity contribution is -0.135. The minimum atomic E-state index is 0.268. The van der Waals surface area contributed by atoms with Crippen LogP contribution < -0.4 is 5.73 Å². The van der Waals surface area contributed by atoms with Gasteiger partial charge >= 0.3 is 0 Å². The number of rotatable bonds is 4. The molecule has 2 heterocycles. The Balaban J connectivity index is 1.87. The summed E-state index contributed by atoms with van der Waals surface area (Å²) in [5.41, 5.74) is 7.51. The molecule has 4 nitrogen and oxygen atoms in total. The monoisotopic (exact) mass is 194 g/mol. The van der Waals surface area contributed by atoms with Crippen LogP contribution in [-0.4, -0.2) is 24.3 Å². The van der Waals surface area contributed by atoms with Crippen molar-refractivity contribution in [2.75, 3.05) is 13.2 Å². The van der Waals surface area contributed by atoms with Crippen molar-refractivity contribution in [3.05, 3.63) is 29.6 Å². The van der Waals surface area contributed by atoms with Crippen LogP contribution in [0.4, 0.5) is 0 Å². The first-order valence-corrected chi connectivity index (χ1v) is 4.71. The topological polar surface area (TPSA) is 57.4 Å². The SMILES string of the molecule is NCc1cc(COC2COC2)ccn1. The van der Waals surface area contributed by atoms with Crippen LogP contribution >= 0.6 is 0 Å². The summed E-state index contributed by atoms with van der Waals surface area (Å²) in [5, 5.41) is 0. The highest BCUT2D eigenvalue weighted by Gasteiger charge is 2.18. The van der Waals surface area contributed by atoms with Gasteiger partial charge in [0.05, 0.1) is 25.5 Å². The van der Waals surface area contributed by atoms with Gasteiger partial charge in [-0.1, -0.05) is 0 Å². The van der Waals surface area contributed by atoms with Crippen LogP contribution in [0.1, 0.15) is 11.3 Å². The number of hydrogen-bond donors (Lipinski definition) is 1. The molecule has 0 unspecified atom stereocenters. The first-order valence-electron chi connectivity index (χ1n) is 4.71. The third-order valence-electron chi connectivity index (χ3n) is 2.18. The van der Waals surface area contributed by atoms with E-state index in [1.54, 1.807) is 6.20 Å². The summed E-state index contributed by atoms with van der Waals surface area (Å²) in [5.74, 6) is 0. The fraction of sp³-hybridized carbons (Fsp3) is 0.500. The van der Waals surface area contributed by atoms with Gasteiger partial charge in [0, 0.05) is 12.7 Å². The van der Waals surface area contributed by atoms with E-state index in [1.807, 2.05) is 12.1 Å². The predicted molar refractivity (Wildman–Crippen MR) is 51.5 cm³/mol. The number of nitrogens with two attached hydrogens (primary N) is 1. The van der Waals surface area contributed by atoms with Crippen molar-refractivity contribution in [2.24, 2.45) is 5.73 Å². The van der Waals surface area contributed by atoms with Crippen LogP contribution in [0.2, 0.25) is 0 Å². The molecule has 0 aliphatic carbocycles. The van der Waals surface area contributed by atoms with Crippen molar-refractivity contribution in [1.29, 1.82) is 0 Å². The lowest BCUT2D eigenvalue weighted by atomic mass is 10.2. The van der Waals surface area contributed by atoms with Crippen molar-refractivity contribution < 1.29 is 9.47 Å². The molecule has 76 valence electrons. The van der Waals surface area contributed by atoms with E-state index in [9.17, 15) is 0 Å². The van der Waals surface area contributed by atoms with E-state index in [0.717, 1.165) is 24.5 Å². The van der Waals surface area contributed by atoms with E-state index in [-0.39, 0.29) is 6.10 Å². The smallest absolute Gasteiger partial charge is 0.105 e. The third-order valence-corrected chi connectivity index (χ3v) is 2.18. The van der Waals surface area contributed by atoms with E-state index in [4.69, 9.17) is 15.2 Å². The van der Waals surface area contributed by atoms with Crippen LogP contribution in [0.3, 0.4) is 0 Å². The summed E-state index contributed by atoms with van der Waals surface area (Å²) in [7, 11) is 0. The summed E-state index contributed by atoms with van der Waals surface area (Å²) in [6.07, 6.45) is 2.03. The molecule has 1 aliphatic rings. The lowest BCUT2D eigenvalue weighted by Gasteiger charge is -2.25. The van der Waals surface area contributed by atoms with Gasteiger partial charge in [0.25, 0.3) is 0 Å². The predicted octanol–water partition coefficient (Wildman–Crippen LogP) is 0.456. The molecule has 4 heteroatoms. The average molecular weight is 194 g/mol. The van der Waals surface area contributed by atoms with Gasteiger partial charge < -0.3 is 15.2 Å². The fourth-order valence-electron chi connectivity index (χ4n) is 1.25. The quantitative estimate of drug-likeness (QED) is 0.756. The molecule has 0 radical (unpaired) electrons. The maximum absolute atomic E-state index is 5.57. The normalized spacial score (nSPS) is 16.6. The highest BCUT2D eigenvalue weighted by molar-refractivity contribution is 5.15. The Labute approximate surface area is 83.0 Å². The molecular formula is C10H14N2O2. The molecule has 0 spiro atoms. The van der Waals surface area contributed by atoms with E-state index < -0.39 is 0 Å². The van der Waals surface area contributed by atoms with Crippen molar-refractivity contribution in [3.63, 3.8) is 0 Å². The van der Waals surface area contributed by atoms with Crippen molar-refractivity contribution in [1.82, 2.24) is 4.98 Å². The molecule has 0 atom stereocenters. The number of ether oxygens (including phenoxy) is 2. The molecule has 1 aromatic heterocycles. The molecule has 0 bridgehead atoms. The Morgan fingerprint density at radius 3 is 3.07 bits per heavy atom. The Bertz CT molecular complexity index is 300. The molecule has 0 amide bonds. The van der Waals surface area contributed by atoms with Gasteiger partial charge in [-0.2, -0.15) is 0 Å². The number of aromatic nitrogens is 1. The highest BCUT2D eigenvalue weighted by Crippen LogP contribution is 2.10. The maximum Gasteiger partial charge on any atom is 0.105 e. The Morgan fingerprint density at radius 1 is 1.57 bits per heavy atom. The van der Waals surface area contributed by atoms with E-state index in [1.165, 1.54) is 0 Å². The van der Waals surface area contributed by atoms with Gasteiger partial charge in [0.1, 0.15) is 6.10 Å². The van der Waals surface area contributed by atoms with Gasteiger partial charge in [-0.3, -0.25) is 4.98 Å². The van der Waals surface area contributed by atoms with Gasteiger partial charge in [-0.15, -0.1) is 0 Å². The summed E-state index contributed by atoms with van der Waals surface area (Å²) in [4.78, 5) is 4.11. The summed E-state index contributed by atoms with van der Waals surface area (Å²) < 4.78 is 10.6. The Morgan fingerprint density at radius 2 is 2.43 bits per heavy atom. The van der Waals surface area contributed by atoms with Gasteiger partial charge in [-0.25, -0.2) is 0 Å². The lowest BCUT2D eigenvalue weighted by Crippen LogP contribution is -2.35. The van der Waals surface area contributed by atoms with Crippen LogP contribution in [-0.2, 0) is 22.6 Å². The van der Waals surface area contributed by atoms with Crippen molar-refractivity contribution >= 4 is 0 Å². The minimum Gasteiger partial charge on any atom is -0.376 e. The molecule has 1 aromatic rings. The summed E-state index contributed by atoms with van der Waals surface area (Å²) in [6, 6.07) is 3.91. The number of hydrogen-bond acceptors (Lipinski definition) is 4. The molecule has 0 aromatic carbocycles. The van der Waals surface area contributed by atoms with Crippen molar-refractivity contribution in [2.45, 2.75) is 19.3 Å². The molecule has 0 saturated carbocycles. The average Bonchev–Trinajstić information content (AvgIpc) is 2.16. The minimum absolute atomic E-state index is 0.268. The zero-order chi connectivity index (χ0) is 9.80. The van der Waals surface area contributed by atoms with Gasteiger partial charge in [0.15, 0.2) is 0 Å². The standard InChI is InChI=1S/C10H14N2O2/c11-4-9-3-8(1-2-12-9)5-14-10-6-13-7-10/h1-3,10H,4-7,11H2. The summed E-state index contributed by atoms with van der Waals surface area (Å²) in [6.45, 7) is 2.52. The van der Waals surface area contributed by atoms with Crippen LogP contribution in [0.15, 0.2) is 18.3 Å². The molecule has 1 fully saturated rings. The zero-order valence-electron chi connectivity index (χ0n) is 7.98. The van der Waals surface area contributed by atoms with E-state index in [0.29, 0.717) is 13.2 Å². The Hall–Kier alpha value is -0.970. The fourth-order valence-corrected chi connectivity index (χ4v) is 1.25. The number of nitrogens with zero attached hydrogens (tertiary/aromatic N) is 1. The van der Waals surface area contributed by atoms with Gasteiger partial charge in [0.2, 0.25) is 0 Å². The molecular weight excluding hydrogens is 180 g/mol. The highest BCUT2D eigenvalue weighted by atomic mass is 16.6. The largest absolute Gasteiger partial charge is 0.376 e. The second-order valence-corrected chi connectivity index (χ2v) is 3.33. The third kappa shape index (κ3) is 2.29. The van der Waals surface area contributed by atoms with Gasteiger partial charge in [-0.05, 0) is 17.7 Å². The first-order chi connectivity index (χ1) is 6.88. The molecule has 14 heavy (non-hydrogen) atoms. The second kappa shape index (κ2) is 4.50. The molecule has 2 rings (SSSR count). The zero-order valence-corrected chi connectivity index (χ0v) is 7.98. The second-order valence-electron chi connectivity index (χ2n) is 3.33. The molecule has 1 aliphatic heterocycles. The number of pyridine rings is 1. The van der Waals surface area contributed by atoms with Crippen LogP contribution in [0.25, 0.3) is 0 Å². The van der Waals surface area contributed by atoms with Crippen LogP contribution in [0, 0.1) is 0 Å². The molecule has 1 saturated heterocycles. The van der Waals surface area contributed by atoms with Crippen LogP contribution in [0.5, 0.6) is 0 Å². The first kappa shape index (κ1) is 9.58. The molecule has 2 N–H and O–H groups in total. The Kier molecular flexibility index (Phi) is 3.08.